The lowest BCUT2D eigenvalue weighted by molar-refractivity contribution is 0.475. The minimum Gasteiger partial charge on any atom is -0.508 e. The first kappa shape index (κ1) is 10.7. The van der Waals surface area contributed by atoms with Crippen molar-refractivity contribution in [1.29, 1.82) is 0 Å². The van der Waals surface area contributed by atoms with Crippen molar-refractivity contribution in [2.75, 3.05) is 0 Å². The van der Waals surface area contributed by atoms with Crippen LogP contribution < -0.4 is 0 Å². The van der Waals surface area contributed by atoms with Crippen LogP contribution in [0.2, 0.25) is 0 Å². The summed E-state index contributed by atoms with van der Waals surface area (Å²) in [5.74, 6) is 0.254. The number of rotatable bonds is 3. The van der Waals surface area contributed by atoms with Crippen LogP contribution in [0.3, 0.4) is 0 Å². The average molecular weight is 231 g/mol. The first-order valence-electron chi connectivity index (χ1n) is 4.68. The molecule has 0 aliphatic rings. The fourth-order valence-electron chi connectivity index (χ4n) is 1.23. The van der Waals surface area contributed by atoms with Crippen LogP contribution in [0, 0.1) is 4.91 Å². The number of phenols is 1. The minimum absolute atomic E-state index is 0.254. The minimum atomic E-state index is 0.254. The van der Waals surface area contributed by atoms with Crippen molar-refractivity contribution >= 4 is 17.4 Å². The molecule has 4 heteroatoms. The van der Waals surface area contributed by atoms with E-state index in [4.69, 9.17) is 5.11 Å². The molecule has 0 bridgehead atoms. The van der Waals surface area contributed by atoms with E-state index in [1.54, 1.807) is 36.0 Å². The lowest BCUT2D eigenvalue weighted by Gasteiger charge is -2.01. The molecule has 0 radical (unpaired) electrons. The summed E-state index contributed by atoms with van der Waals surface area (Å²) in [7, 11) is 0. The van der Waals surface area contributed by atoms with E-state index in [0.29, 0.717) is 5.69 Å². The van der Waals surface area contributed by atoms with Gasteiger partial charge in [-0.3, -0.25) is 0 Å². The van der Waals surface area contributed by atoms with E-state index in [0.717, 1.165) is 9.79 Å². The van der Waals surface area contributed by atoms with E-state index < -0.39 is 0 Å². The Morgan fingerprint density at radius 2 is 1.38 bits per heavy atom. The molecule has 0 spiro atoms. The smallest absolute Gasteiger partial charge is 0.115 e. The predicted molar refractivity (Wildman–Crippen MR) is 64.1 cm³/mol. The van der Waals surface area contributed by atoms with Crippen molar-refractivity contribution in [3.8, 4) is 5.75 Å². The van der Waals surface area contributed by atoms with E-state index in [1.165, 1.54) is 0 Å². The quantitative estimate of drug-likeness (QED) is 0.814. The highest BCUT2D eigenvalue weighted by Gasteiger charge is 1.98. The van der Waals surface area contributed by atoms with Gasteiger partial charge in [-0.15, -0.1) is 4.91 Å². The summed E-state index contributed by atoms with van der Waals surface area (Å²) >= 11 is 1.56. The Labute approximate surface area is 97.1 Å². The number of nitroso groups, excluding NO2 is 1. The van der Waals surface area contributed by atoms with Crippen molar-refractivity contribution < 1.29 is 5.11 Å². The maximum absolute atomic E-state index is 10.2. The second-order valence-corrected chi connectivity index (χ2v) is 4.33. The molecule has 0 saturated carbocycles. The molecule has 0 saturated heterocycles. The molecular weight excluding hydrogens is 222 g/mol. The van der Waals surface area contributed by atoms with Crippen LogP contribution in [-0.2, 0) is 0 Å². The van der Waals surface area contributed by atoms with Gasteiger partial charge in [0, 0.05) is 9.79 Å². The molecule has 0 atom stereocenters. The third-order valence-corrected chi connectivity index (χ3v) is 3.03. The van der Waals surface area contributed by atoms with Crippen LogP contribution in [0.1, 0.15) is 0 Å². The zero-order chi connectivity index (χ0) is 11.4. The Balaban J connectivity index is 2.14. The molecule has 0 fully saturated rings. The Hall–Kier alpha value is -1.81. The third-order valence-electron chi connectivity index (χ3n) is 2.01. The normalized spacial score (nSPS) is 10.0. The Kier molecular flexibility index (Phi) is 3.22. The summed E-state index contributed by atoms with van der Waals surface area (Å²) in [5.41, 5.74) is 0.426. The average Bonchev–Trinajstić information content (AvgIpc) is 2.33. The van der Waals surface area contributed by atoms with Crippen LogP contribution in [0.4, 0.5) is 5.69 Å². The highest BCUT2D eigenvalue weighted by atomic mass is 32.2. The SMILES string of the molecule is O=Nc1ccc(Sc2ccc(O)cc2)cc1. The summed E-state index contributed by atoms with van der Waals surface area (Å²) in [6.07, 6.45) is 0. The molecule has 0 aliphatic carbocycles. The van der Waals surface area contributed by atoms with Crippen LogP contribution >= 0.6 is 11.8 Å². The lowest BCUT2D eigenvalue weighted by atomic mass is 10.3. The topological polar surface area (TPSA) is 49.7 Å². The number of phenolic OH excluding ortho intramolecular Hbond substituents is 1. The second-order valence-electron chi connectivity index (χ2n) is 3.18. The molecule has 80 valence electrons. The van der Waals surface area contributed by atoms with Gasteiger partial charge in [-0.2, -0.15) is 0 Å². The van der Waals surface area contributed by atoms with Gasteiger partial charge in [0.2, 0.25) is 0 Å². The highest BCUT2D eigenvalue weighted by Crippen LogP contribution is 2.29. The van der Waals surface area contributed by atoms with Crippen LogP contribution in [0.5, 0.6) is 5.75 Å². The van der Waals surface area contributed by atoms with Gasteiger partial charge in [-0.05, 0) is 53.7 Å². The van der Waals surface area contributed by atoms with Crippen LogP contribution in [0.15, 0.2) is 63.5 Å². The predicted octanol–water partition coefficient (Wildman–Crippen LogP) is 3.94. The fraction of sp³-hybridized carbons (Fsp3) is 0. The lowest BCUT2D eigenvalue weighted by Crippen LogP contribution is -1.73. The summed E-state index contributed by atoms with van der Waals surface area (Å²) < 4.78 is 0. The molecule has 1 N–H and O–H groups in total. The molecule has 16 heavy (non-hydrogen) atoms. The van der Waals surface area contributed by atoms with Crippen molar-refractivity contribution in [3.63, 3.8) is 0 Å². The van der Waals surface area contributed by atoms with Gasteiger partial charge in [0.05, 0.1) is 0 Å². The van der Waals surface area contributed by atoms with Gasteiger partial charge in [0.1, 0.15) is 11.4 Å². The molecule has 0 aromatic heterocycles. The molecule has 3 nitrogen and oxygen atoms in total. The Morgan fingerprint density at radius 1 is 0.875 bits per heavy atom. The van der Waals surface area contributed by atoms with Crippen molar-refractivity contribution in [2.45, 2.75) is 9.79 Å². The van der Waals surface area contributed by atoms with E-state index in [2.05, 4.69) is 5.18 Å². The van der Waals surface area contributed by atoms with Gasteiger partial charge in [-0.1, -0.05) is 11.8 Å². The van der Waals surface area contributed by atoms with Crippen LogP contribution in [-0.4, -0.2) is 5.11 Å². The molecular formula is C12H9NO2S. The van der Waals surface area contributed by atoms with Crippen molar-refractivity contribution in [2.24, 2.45) is 5.18 Å². The molecule has 2 rings (SSSR count). The number of aromatic hydroxyl groups is 1. The standard InChI is InChI=1S/C12H9NO2S/c14-10-3-7-12(8-4-10)16-11-5-1-9(13-15)2-6-11/h1-8,14H. The first-order valence-corrected chi connectivity index (χ1v) is 5.50. The molecule has 0 amide bonds. The summed E-state index contributed by atoms with van der Waals surface area (Å²) in [5, 5.41) is 12.0. The fourth-order valence-corrected chi connectivity index (χ4v) is 2.04. The van der Waals surface area contributed by atoms with E-state index in [-0.39, 0.29) is 5.75 Å². The van der Waals surface area contributed by atoms with Gasteiger partial charge in [0.15, 0.2) is 0 Å². The maximum atomic E-state index is 10.2. The van der Waals surface area contributed by atoms with Crippen molar-refractivity contribution in [3.05, 3.63) is 53.4 Å². The number of hydrogen-bond donors (Lipinski definition) is 1. The van der Waals surface area contributed by atoms with Crippen LogP contribution in [0.25, 0.3) is 0 Å². The van der Waals surface area contributed by atoms with Gasteiger partial charge >= 0.3 is 0 Å². The summed E-state index contributed by atoms with van der Waals surface area (Å²) in [6, 6.07) is 14.0. The zero-order valence-corrected chi connectivity index (χ0v) is 9.15. The number of benzene rings is 2. The molecule has 0 aliphatic heterocycles. The highest BCUT2D eigenvalue weighted by molar-refractivity contribution is 7.99. The van der Waals surface area contributed by atoms with Gasteiger partial charge in [0.25, 0.3) is 0 Å². The largest absolute Gasteiger partial charge is 0.508 e. The Bertz CT molecular complexity index is 479. The summed E-state index contributed by atoms with van der Waals surface area (Å²) in [6.45, 7) is 0. The monoisotopic (exact) mass is 231 g/mol. The summed E-state index contributed by atoms with van der Waals surface area (Å²) in [4.78, 5) is 12.3. The first-order chi connectivity index (χ1) is 7.78. The second kappa shape index (κ2) is 4.81. The molecule has 0 heterocycles. The van der Waals surface area contributed by atoms with Crippen molar-refractivity contribution in [1.82, 2.24) is 0 Å². The number of nitrogens with zero attached hydrogens (tertiary/aromatic N) is 1. The Morgan fingerprint density at radius 3 is 1.88 bits per heavy atom. The zero-order valence-electron chi connectivity index (χ0n) is 8.33. The van der Waals surface area contributed by atoms with Gasteiger partial charge < -0.3 is 5.11 Å². The third kappa shape index (κ3) is 2.61. The van der Waals surface area contributed by atoms with E-state index in [1.807, 2.05) is 24.3 Å². The number of hydrogen-bond acceptors (Lipinski definition) is 4. The van der Waals surface area contributed by atoms with Gasteiger partial charge in [-0.25, -0.2) is 0 Å². The van der Waals surface area contributed by atoms with E-state index >= 15 is 0 Å². The molecule has 0 unspecified atom stereocenters. The van der Waals surface area contributed by atoms with E-state index in [9.17, 15) is 4.91 Å². The molecule has 2 aromatic carbocycles. The molecule has 2 aromatic rings. The maximum Gasteiger partial charge on any atom is 0.115 e.